The first-order valence-corrected chi connectivity index (χ1v) is 9.93. The topological polar surface area (TPSA) is 98.6 Å². The molecule has 7 nitrogen and oxygen atoms in total. The number of piperidine rings is 1. The van der Waals surface area contributed by atoms with Gasteiger partial charge >= 0.3 is 6.03 Å². The fourth-order valence-corrected chi connectivity index (χ4v) is 4.98. The summed E-state index contributed by atoms with van der Waals surface area (Å²) >= 11 is 0. The lowest BCUT2D eigenvalue weighted by atomic mass is 9.84. The summed E-state index contributed by atoms with van der Waals surface area (Å²) in [6.45, 7) is 1.93. The van der Waals surface area contributed by atoms with Gasteiger partial charge in [0.05, 0.1) is 11.8 Å². The Morgan fingerprint density at radius 1 is 1.24 bits per heavy atom. The molecule has 4 heterocycles. The zero-order chi connectivity index (χ0) is 20.2. The Bertz CT molecular complexity index is 1120. The number of rotatable bonds is 2. The van der Waals surface area contributed by atoms with Crippen molar-refractivity contribution in [3.63, 3.8) is 0 Å². The highest BCUT2D eigenvalue weighted by molar-refractivity contribution is 5.93. The number of para-hydroxylation sites is 1. The smallest absolute Gasteiger partial charge is 0.322 e. The van der Waals surface area contributed by atoms with Crippen molar-refractivity contribution in [2.24, 2.45) is 0 Å². The van der Waals surface area contributed by atoms with E-state index < -0.39 is 5.60 Å². The standard InChI is InChI=1S/C22H23N3O4/c1-13-4-2-5-16-19(13)23-12-17(20(16)26)24-21(27)25-14-7-8-15(25)11-22(28,10-14)18-6-3-9-29-18/h2-6,9,12,14-15,28H,7-8,10-11H2,1H3,(H,23,26)(H,24,27). The van der Waals surface area contributed by atoms with E-state index in [0.717, 1.165) is 23.9 Å². The number of H-pyrrole nitrogens is 1. The van der Waals surface area contributed by atoms with E-state index in [4.69, 9.17) is 4.42 Å². The molecule has 0 spiro atoms. The van der Waals surface area contributed by atoms with Crippen LogP contribution in [0.25, 0.3) is 10.9 Å². The second-order valence-electron chi connectivity index (χ2n) is 8.17. The molecule has 2 bridgehead atoms. The number of nitrogens with zero attached hydrogens (tertiary/aromatic N) is 1. The molecule has 5 rings (SSSR count). The molecule has 2 aliphatic rings. The van der Waals surface area contributed by atoms with Crippen LogP contribution < -0.4 is 10.7 Å². The molecular weight excluding hydrogens is 370 g/mol. The maximum atomic E-state index is 13.0. The van der Waals surface area contributed by atoms with E-state index in [1.165, 1.54) is 0 Å². The Balaban J connectivity index is 1.39. The third-order valence-electron chi connectivity index (χ3n) is 6.35. The average Bonchev–Trinajstić information content (AvgIpc) is 3.33. The van der Waals surface area contributed by atoms with Crippen LogP contribution in [0.2, 0.25) is 0 Å². The van der Waals surface area contributed by atoms with Gasteiger partial charge < -0.3 is 24.7 Å². The van der Waals surface area contributed by atoms with Crippen LogP contribution in [-0.4, -0.2) is 33.1 Å². The van der Waals surface area contributed by atoms with Crippen molar-refractivity contribution in [3.8, 4) is 0 Å². The zero-order valence-corrected chi connectivity index (χ0v) is 16.1. The molecule has 1 aromatic carbocycles. The van der Waals surface area contributed by atoms with Gasteiger partial charge in [-0.2, -0.15) is 0 Å². The van der Waals surface area contributed by atoms with Gasteiger partial charge in [-0.05, 0) is 43.5 Å². The first-order chi connectivity index (χ1) is 14.0. The van der Waals surface area contributed by atoms with Crippen LogP contribution in [-0.2, 0) is 5.60 Å². The lowest BCUT2D eigenvalue weighted by Gasteiger charge is -2.42. The molecule has 29 heavy (non-hydrogen) atoms. The molecule has 2 aliphatic heterocycles. The Labute approximate surface area is 167 Å². The SMILES string of the molecule is Cc1cccc2c(=O)c(NC(=O)N3C4CCC3CC(O)(c3ccco3)C4)c[nH]c12. The summed E-state index contributed by atoms with van der Waals surface area (Å²) in [6, 6.07) is 8.59. The van der Waals surface area contributed by atoms with Gasteiger partial charge in [-0.1, -0.05) is 12.1 Å². The van der Waals surface area contributed by atoms with Crippen molar-refractivity contribution in [3.05, 3.63) is 64.3 Å². The second-order valence-corrected chi connectivity index (χ2v) is 8.17. The van der Waals surface area contributed by atoms with Crippen molar-refractivity contribution in [1.29, 1.82) is 0 Å². The number of anilines is 1. The fraction of sp³-hybridized carbons (Fsp3) is 0.364. The van der Waals surface area contributed by atoms with Gasteiger partial charge in [-0.15, -0.1) is 0 Å². The molecule has 3 N–H and O–H groups in total. The van der Waals surface area contributed by atoms with Gasteiger partial charge in [0.1, 0.15) is 17.0 Å². The van der Waals surface area contributed by atoms with Crippen molar-refractivity contribution in [2.45, 2.75) is 50.3 Å². The Kier molecular flexibility index (Phi) is 4.03. The summed E-state index contributed by atoms with van der Waals surface area (Å²) in [5, 5.41) is 14.4. The van der Waals surface area contributed by atoms with Crippen LogP contribution >= 0.6 is 0 Å². The normalized spacial score (nSPS) is 26.1. The van der Waals surface area contributed by atoms with Crippen LogP contribution in [0.3, 0.4) is 0 Å². The number of pyridine rings is 1. The maximum absolute atomic E-state index is 13.0. The van der Waals surface area contributed by atoms with Crippen molar-refractivity contribution >= 4 is 22.6 Å². The maximum Gasteiger partial charge on any atom is 0.322 e. The van der Waals surface area contributed by atoms with Gasteiger partial charge in [0.25, 0.3) is 0 Å². The molecule has 7 heteroatoms. The van der Waals surface area contributed by atoms with E-state index in [9.17, 15) is 14.7 Å². The van der Waals surface area contributed by atoms with Crippen LogP contribution in [0, 0.1) is 6.92 Å². The van der Waals surface area contributed by atoms with Crippen LogP contribution in [0.4, 0.5) is 10.5 Å². The second kappa shape index (κ2) is 6.49. The highest BCUT2D eigenvalue weighted by Crippen LogP contribution is 2.45. The molecule has 3 aromatic rings. The number of carbonyl (C=O) groups excluding carboxylic acids is 1. The number of aliphatic hydroxyl groups is 1. The monoisotopic (exact) mass is 393 g/mol. The van der Waals surface area contributed by atoms with Crippen LogP contribution in [0.15, 0.2) is 52.0 Å². The van der Waals surface area contributed by atoms with Gasteiger partial charge in [0.15, 0.2) is 0 Å². The molecule has 2 unspecified atom stereocenters. The van der Waals surface area contributed by atoms with E-state index in [0.29, 0.717) is 24.0 Å². The quantitative estimate of drug-likeness (QED) is 0.621. The Morgan fingerprint density at radius 2 is 2.00 bits per heavy atom. The molecular formula is C22H23N3O4. The number of benzene rings is 1. The van der Waals surface area contributed by atoms with E-state index in [2.05, 4.69) is 10.3 Å². The third kappa shape index (κ3) is 2.84. The van der Waals surface area contributed by atoms with Crippen molar-refractivity contribution in [2.75, 3.05) is 5.32 Å². The number of nitrogens with one attached hydrogen (secondary N) is 2. The van der Waals surface area contributed by atoms with Crippen LogP contribution in [0.5, 0.6) is 0 Å². The van der Waals surface area contributed by atoms with E-state index >= 15 is 0 Å². The summed E-state index contributed by atoms with van der Waals surface area (Å²) in [5.41, 5.74) is 0.733. The minimum atomic E-state index is -1.05. The highest BCUT2D eigenvalue weighted by atomic mass is 16.4. The number of furan rings is 1. The number of aryl methyl sites for hydroxylation is 1. The number of fused-ring (bicyclic) bond motifs is 3. The minimum Gasteiger partial charge on any atom is -0.466 e. The Morgan fingerprint density at radius 3 is 2.69 bits per heavy atom. The van der Waals surface area contributed by atoms with Gasteiger partial charge in [-0.3, -0.25) is 4.79 Å². The molecule has 2 aromatic heterocycles. The third-order valence-corrected chi connectivity index (χ3v) is 6.35. The van der Waals surface area contributed by atoms with Gasteiger partial charge in [0, 0.05) is 36.5 Å². The molecule has 0 saturated carbocycles. The first-order valence-electron chi connectivity index (χ1n) is 9.93. The summed E-state index contributed by atoms with van der Waals surface area (Å²) in [4.78, 5) is 30.8. The molecule has 0 aliphatic carbocycles. The number of hydrogen-bond acceptors (Lipinski definition) is 4. The Hall–Kier alpha value is -3.06. The fourth-order valence-electron chi connectivity index (χ4n) is 4.98. The predicted molar refractivity (Wildman–Crippen MR) is 109 cm³/mol. The van der Waals surface area contributed by atoms with Gasteiger partial charge in [0.2, 0.25) is 5.43 Å². The largest absolute Gasteiger partial charge is 0.466 e. The summed E-state index contributed by atoms with van der Waals surface area (Å²) in [5.74, 6) is 0.552. The number of hydrogen-bond donors (Lipinski definition) is 3. The van der Waals surface area contributed by atoms with Crippen LogP contribution in [0.1, 0.15) is 37.0 Å². The average molecular weight is 393 g/mol. The number of aromatic amines is 1. The number of carbonyl (C=O) groups is 1. The zero-order valence-electron chi connectivity index (χ0n) is 16.1. The molecule has 2 amide bonds. The van der Waals surface area contributed by atoms with Gasteiger partial charge in [-0.25, -0.2) is 4.79 Å². The number of aromatic nitrogens is 1. The highest BCUT2D eigenvalue weighted by Gasteiger charge is 2.51. The summed E-state index contributed by atoms with van der Waals surface area (Å²) in [6.07, 6.45) is 5.63. The molecule has 2 atom stereocenters. The lowest BCUT2D eigenvalue weighted by molar-refractivity contribution is -0.0571. The van der Waals surface area contributed by atoms with Crippen molar-refractivity contribution in [1.82, 2.24) is 9.88 Å². The van der Waals surface area contributed by atoms with E-state index in [1.807, 2.05) is 19.1 Å². The van der Waals surface area contributed by atoms with Crippen molar-refractivity contribution < 1.29 is 14.3 Å². The number of urea groups is 1. The lowest BCUT2D eigenvalue weighted by Crippen LogP contribution is -2.53. The molecule has 2 saturated heterocycles. The first kappa shape index (κ1) is 18.0. The van der Waals surface area contributed by atoms with E-state index in [1.54, 1.807) is 35.6 Å². The molecule has 2 fully saturated rings. The summed E-state index contributed by atoms with van der Waals surface area (Å²) < 4.78 is 5.44. The predicted octanol–water partition coefficient (Wildman–Crippen LogP) is 3.48. The summed E-state index contributed by atoms with van der Waals surface area (Å²) in [7, 11) is 0. The molecule has 0 radical (unpaired) electrons. The van der Waals surface area contributed by atoms with E-state index in [-0.39, 0.29) is 29.2 Å². The molecule has 150 valence electrons. The minimum absolute atomic E-state index is 0.0920. The number of amides is 2.